The van der Waals surface area contributed by atoms with E-state index in [0.29, 0.717) is 11.8 Å². The van der Waals surface area contributed by atoms with Gasteiger partial charge in [-0.15, -0.1) is 5.10 Å². The highest BCUT2D eigenvalue weighted by Gasteiger charge is 2.16. The third-order valence-electron chi connectivity index (χ3n) is 3.49. The lowest BCUT2D eigenvalue weighted by molar-refractivity contribution is 0.475. The Hall–Kier alpha value is -1.75. The summed E-state index contributed by atoms with van der Waals surface area (Å²) < 4.78 is 1.82. The van der Waals surface area contributed by atoms with E-state index in [1.54, 1.807) is 0 Å². The second-order valence-corrected chi connectivity index (χ2v) is 6.22. The van der Waals surface area contributed by atoms with E-state index in [1.165, 1.54) is 5.56 Å². The van der Waals surface area contributed by atoms with E-state index < -0.39 is 0 Å². The molecule has 1 aromatic carbocycles. The van der Waals surface area contributed by atoms with Crippen LogP contribution in [-0.2, 0) is 0 Å². The predicted molar refractivity (Wildman–Crippen MR) is 84.5 cm³/mol. The molecule has 0 fully saturated rings. The second kappa shape index (κ2) is 6.80. The topological polar surface area (TPSA) is 55.6 Å². The smallest absolute Gasteiger partial charge is 0.173 e. The summed E-state index contributed by atoms with van der Waals surface area (Å²) in [7, 11) is 0. The molecule has 0 saturated carbocycles. The molecule has 2 rings (SSSR count). The summed E-state index contributed by atoms with van der Waals surface area (Å²) >= 11 is 0. The van der Waals surface area contributed by atoms with Crippen molar-refractivity contribution in [2.45, 2.75) is 46.6 Å². The van der Waals surface area contributed by atoms with Crippen LogP contribution >= 0.6 is 0 Å². The first-order valence-electron chi connectivity index (χ1n) is 7.61. The Labute approximate surface area is 126 Å². The highest BCUT2D eigenvalue weighted by atomic mass is 15.5. The van der Waals surface area contributed by atoms with Crippen molar-refractivity contribution in [1.29, 1.82) is 0 Å². The normalized spacial score (nSPS) is 13.1. The van der Waals surface area contributed by atoms with Gasteiger partial charge in [0, 0.05) is 0 Å². The number of tetrazole rings is 1. The lowest BCUT2D eigenvalue weighted by atomic mass is 10.0. The molecule has 21 heavy (non-hydrogen) atoms. The third kappa shape index (κ3) is 3.88. The molecule has 1 atom stereocenters. The fourth-order valence-corrected chi connectivity index (χ4v) is 2.17. The Morgan fingerprint density at radius 3 is 2.57 bits per heavy atom. The largest absolute Gasteiger partial charge is 0.307 e. The van der Waals surface area contributed by atoms with Gasteiger partial charge in [-0.3, -0.25) is 0 Å². The maximum Gasteiger partial charge on any atom is 0.173 e. The lowest BCUT2D eigenvalue weighted by Crippen LogP contribution is -2.25. The number of nitrogens with one attached hydrogen (secondary N) is 1. The van der Waals surface area contributed by atoms with Gasteiger partial charge in [0.2, 0.25) is 0 Å². The molecular weight excluding hydrogens is 262 g/mol. The van der Waals surface area contributed by atoms with E-state index in [-0.39, 0.29) is 6.04 Å². The molecule has 1 heterocycles. The van der Waals surface area contributed by atoms with Crippen LogP contribution in [0.1, 0.15) is 58.0 Å². The van der Waals surface area contributed by atoms with Gasteiger partial charge in [0.15, 0.2) is 5.82 Å². The first-order chi connectivity index (χ1) is 9.99. The van der Waals surface area contributed by atoms with Crippen molar-refractivity contribution >= 4 is 0 Å². The maximum absolute atomic E-state index is 4.18. The SMILES string of the molecule is CC(C)CNC(C)c1nnnn1-c1cccc(C(C)C)c1. The van der Waals surface area contributed by atoms with Crippen molar-refractivity contribution in [1.82, 2.24) is 25.5 Å². The molecule has 0 amide bonds. The fourth-order valence-electron chi connectivity index (χ4n) is 2.17. The van der Waals surface area contributed by atoms with Crippen molar-refractivity contribution in [3.63, 3.8) is 0 Å². The van der Waals surface area contributed by atoms with E-state index in [4.69, 9.17) is 0 Å². The highest BCUT2D eigenvalue weighted by molar-refractivity contribution is 5.37. The van der Waals surface area contributed by atoms with Gasteiger partial charge in [-0.25, -0.2) is 0 Å². The first-order valence-corrected chi connectivity index (χ1v) is 7.61. The summed E-state index contributed by atoms with van der Waals surface area (Å²) in [6.07, 6.45) is 0. The van der Waals surface area contributed by atoms with Crippen LogP contribution in [0.4, 0.5) is 0 Å². The number of nitrogens with zero attached hydrogens (tertiary/aromatic N) is 4. The van der Waals surface area contributed by atoms with Crippen LogP contribution in [0.2, 0.25) is 0 Å². The number of benzene rings is 1. The van der Waals surface area contributed by atoms with Gasteiger partial charge in [-0.1, -0.05) is 39.8 Å². The summed E-state index contributed by atoms with van der Waals surface area (Å²) in [5.41, 5.74) is 2.30. The molecule has 0 aliphatic rings. The lowest BCUT2D eigenvalue weighted by Gasteiger charge is -2.15. The van der Waals surface area contributed by atoms with Crippen molar-refractivity contribution in [3.05, 3.63) is 35.7 Å². The molecule has 5 nitrogen and oxygen atoms in total. The molecule has 5 heteroatoms. The fraction of sp³-hybridized carbons (Fsp3) is 0.562. The molecule has 0 spiro atoms. The van der Waals surface area contributed by atoms with Crippen LogP contribution in [0.3, 0.4) is 0 Å². The summed E-state index contributed by atoms with van der Waals surface area (Å²) in [5, 5.41) is 15.6. The van der Waals surface area contributed by atoms with E-state index in [2.05, 4.69) is 73.7 Å². The van der Waals surface area contributed by atoms with E-state index in [0.717, 1.165) is 18.1 Å². The summed E-state index contributed by atoms with van der Waals surface area (Å²) in [6, 6.07) is 8.51. The van der Waals surface area contributed by atoms with Crippen molar-refractivity contribution in [2.75, 3.05) is 6.54 Å². The standard InChI is InChI=1S/C16H25N5/c1-11(2)10-17-13(5)16-18-19-20-21(16)15-8-6-7-14(9-15)12(3)4/h6-9,11-13,17H,10H2,1-5H3. The van der Waals surface area contributed by atoms with Gasteiger partial charge < -0.3 is 5.32 Å². The third-order valence-corrected chi connectivity index (χ3v) is 3.49. The average molecular weight is 287 g/mol. The zero-order valence-electron chi connectivity index (χ0n) is 13.5. The van der Waals surface area contributed by atoms with E-state index >= 15 is 0 Å². The molecule has 1 aromatic heterocycles. The van der Waals surface area contributed by atoms with Crippen LogP contribution < -0.4 is 5.32 Å². The summed E-state index contributed by atoms with van der Waals surface area (Å²) in [6.45, 7) is 11.8. The maximum atomic E-state index is 4.18. The number of rotatable bonds is 6. The molecule has 0 aliphatic heterocycles. The zero-order chi connectivity index (χ0) is 15.4. The molecular formula is C16H25N5. The minimum absolute atomic E-state index is 0.116. The van der Waals surface area contributed by atoms with Gasteiger partial charge in [0.25, 0.3) is 0 Å². The zero-order valence-corrected chi connectivity index (χ0v) is 13.5. The summed E-state index contributed by atoms with van der Waals surface area (Å²) in [5.74, 6) is 1.93. The van der Waals surface area contributed by atoms with Gasteiger partial charge >= 0.3 is 0 Å². The van der Waals surface area contributed by atoms with Gasteiger partial charge in [0.1, 0.15) is 0 Å². The van der Waals surface area contributed by atoms with Crippen LogP contribution in [0.5, 0.6) is 0 Å². The van der Waals surface area contributed by atoms with Crippen LogP contribution in [-0.4, -0.2) is 26.8 Å². The monoisotopic (exact) mass is 287 g/mol. The quantitative estimate of drug-likeness (QED) is 0.887. The van der Waals surface area contributed by atoms with Gasteiger partial charge in [-0.2, -0.15) is 4.68 Å². The van der Waals surface area contributed by atoms with Crippen LogP contribution in [0.25, 0.3) is 5.69 Å². The Balaban J connectivity index is 2.25. The number of hydrogen-bond acceptors (Lipinski definition) is 4. The minimum Gasteiger partial charge on any atom is -0.307 e. The van der Waals surface area contributed by atoms with Gasteiger partial charge in [-0.05, 0) is 53.4 Å². The Morgan fingerprint density at radius 2 is 1.90 bits per heavy atom. The molecule has 1 unspecified atom stereocenters. The molecule has 0 bridgehead atoms. The number of hydrogen-bond donors (Lipinski definition) is 1. The molecule has 0 radical (unpaired) electrons. The minimum atomic E-state index is 0.116. The van der Waals surface area contributed by atoms with Crippen molar-refractivity contribution in [2.24, 2.45) is 5.92 Å². The second-order valence-electron chi connectivity index (χ2n) is 6.22. The molecule has 0 aliphatic carbocycles. The number of aromatic nitrogens is 4. The van der Waals surface area contributed by atoms with E-state index in [1.807, 2.05) is 10.7 Å². The van der Waals surface area contributed by atoms with Crippen molar-refractivity contribution < 1.29 is 0 Å². The molecule has 2 aromatic rings. The van der Waals surface area contributed by atoms with Crippen LogP contribution in [0, 0.1) is 5.92 Å². The van der Waals surface area contributed by atoms with E-state index in [9.17, 15) is 0 Å². The van der Waals surface area contributed by atoms with Gasteiger partial charge in [0.05, 0.1) is 11.7 Å². The Kier molecular flexibility index (Phi) is 5.07. The Morgan fingerprint density at radius 1 is 1.14 bits per heavy atom. The van der Waals surface area contributed by atoms with Crippen LogP contribution in [0.15, 0.2) is 24.3 Å². The molecule has 114 valence electrons. The molecule has 1 N–H and O–H groups in total. The predicted octanol–water partition coefficient (Wildman–Crippen LogP) is 3.09. The Bertz CT molecular complexity index is 574. The highest BCUT2D eigenvalue weighted by Crippen LogP contribution is 2.19. The summed E-state index contributed by atoms with van der Waals surface area (Å²) in [4.78, 5) is 0. The average Bonchev–Trinajstić information content (AvgIpc) is 2.94. The molecule has 0 saturated heterocycles. The first kappa shape index (κ1) is 15.6. The van der Waals surface area contributed by atoms with Crippen molar-refractivity contribution in [3.8, 4) is 5.69 Å².